The molecule has 150 valence electrons. The highest BCUT2D eigenvalue weighted by Crippen LogP contribution is 2.47. The van der Waals surface area contributed by atoms with Gasteiger partial charge in [0.15, 0.2) is 0 Å². The number of hydrogen-bond donors (Lipinski definition) is 3. The van der Waals surface area contributed by atoms with Gasteiger partial charge in [0.25, 0.3) is 5.91 Å². The third-order valence-electron chi connectivity index (χ3n) is 6.67. The summed E-state index contributed by atoms with van der Waals surface area (Å²) < 4.78 is 0.884. The molecule has 0 fully saturated rings. The number of carbonyl (C=O) groups is 1. The summed E-state index contributed by atoms with van der Waals surface area (Å²) in [5, 5.41) is 18.0. The molecule has 2 heterocycles. The zero-order valence-electron chi connectivity index (χ0n) is 16.8. The van der Waals surface area contributed by atoms with E-state index in [4.69, 9.17) is 0 Å². The Labute approximate surface area is 178 Å². The van der Waals surface area contributed by atoms with Gasteiger partial charge in [0.05, 0.1) is 5.56 Å². The molecule has 0 bridgehead atoms. The molecule has 1 amide bonds. The zero-order valence-corrected chi connectivity index (χ0v) is 19.2. The van der Waals surface area contributed by atoms with Gasteiger partial charge in [-0.25, -0.2) is 0 Å². The maximum Gasteiger partial charge on any atom is 0.256 e. The number of aryl methyl sites for hydroxylation is 1. The van der Waals surface area contributed by atoms with Crippen LogP contribution in [0.25, 0.3) is 0 Å². The Morgan fingerprint density at radius 3 is 2.79 bits per heavy atom. The minimum Gasteiger partial charge on any atom is -0.507 e. The van der Waals surface area contributed by atoms with E-state index in [9.17, 15) is 9.90 Å². The van der Waals surface area contributed by atoms with Crippen LogP contribution in [0.1, 0.15) is 71.7 Å². The smallest absolute Gasteiger partial charge is 0.256 e. The fourth-order valence-electron chi connectivity index (χ4n) is 4.39. The van der Waals surface area contributed by atoms with E-state index < -0.39 is 6.17 Å². The molecule has 0 saturated carbocycles. The molecule has 2 atom stereocenters. The van der Waals surface area contributed by atoms with E-state index in [0.717, 1.165) is 39.9 Å². The SMILES string of the molecule is CCC(C)(C)[C@H]1CCc2c(sc3c2C(=O)N[C@H](c2cc(Br)cc(C)c2O)N3)C1. The van der Waals surface area contributed by atoms with E-state index in [1.54, 1.807) is 11.3 Å². The predicted molar refractivity (Wildman–Crippen MR) is 118 cm³/mol. The minimum atomic E-state index is -0.431. The molecule has 1 aromatic carbocycles. The Bertz CT molecular complexity index is 950. The number of fused-ring (bicyclic) bond motifs is 3. The van der Waals surface area contributed by atoms with Crippen LogP contribution in [-0.2, 0) is 12.8 Å². The van der Waals surface area contributed by atoms with Crippen LogP contribution in [0.3, 0.4) is 0 Å². The van der Waals surface area contributed by atoms with E-state index in [2.05, 4.69) is 47.3 Å². The fraction of sp³-hybridized carbons (Fsp3) is 0.500. The van der Waals surface area contributed by atoms with Crippen molar-refractivity contribution in [3.8, 4) is 5.75 Å². The molecule has 4 nitrogen and oxygen atoms in total. The molecule has 28 heavy (non-hydrogen) atoms. The number of halogens is 1. The first-order valence-corrected chi connectivity index (χ1v) is 11.5. The van der Waals surface area contributed by atoms with Gasteiger partial charge in [0.1, 0.15) is 16.9 Å². The highest BCUT2D eigenvalue weighted by atomic mass is 79.9. The Morgan fingerprint density at radius 2 is 2.07 bits per heavy atom. The van der Waals surface area contributed by atoms with Crippen molar-refractivity contribution in [2.45, 2.75) is 59.5 Å². The van der Waals surface area contributed by atoms with Crippen LogP contribution in [0.15, 0.2) is 16.6 Å². The van der Waals surface area contributed by atoms with Gasteiger partial charge in [0, 0.05) is 14.9 Å². The summed E-state index contributed by atoms with van der Waals surface area (Å²) in [6.45, 7) is 8.84. The Morgan fingerprint density at radius 1 is 1.32 bits per heavy atom. The van der Waals surface area contributed by atoms with Gasteiger partial charge >= 0.3 is 0 Å². The topological polar surface area (TPSA) is 61.4 Å². The maximum absolute atomic E-state index is 13.0. The summed E-state index contributed by atoms with van der Waals surface area (Å²) in [7, 11) is 0. The molecule has 0 saturated heterocycles. The second-order valence-corrected chi connectivity index (χ2v) is 10.7. The van der Waals surface area contributed by atoms with Crippen molar-refractivity contribution in [3.63, 3.8) is 0 Å². The monoisotopic (exact) mass is 462 g/mol. The number of amides is 1. The van der Waals surface area contributed by atoms with Crippen molar-refractivity contribution in [3.05, 3.63) is 43.7 Å². The summed E-state index contributed by atoms with van der Waals surface area (Å²) in [4.78, 5) is 14.3. The highest BCUT2D eigenvalue weighted by Gasteiger charge is 2.37. The quantitative estimate of drug-likeness (QED) is 0.530. The predicted octanol–water partition coefficient (Wildman–Crippen LogP) is 5.92. The first-order chi connectivity index (χ1) is 13.2. The highest BCUT2D eigenvalue weighted by molar-refractivity contribution is 9.10. The second-order valence-electron chi connectivity index (χ2n) is 8.70. The molecule has 2 aromatic rings. The van der Waals surface area contributed by atoms with Gasteiger partial charge in [0.2, 0.25) is 0 Å². The number of anilines is 1. The van der Waals surface area contributed by atoms with Gasteiger partial charge in [-0.3, -0.25) is 4.79 Å². The first-order valence-electron chi connectivity index (χ1n) is 9.92. The van der Waals surface area contributed by atoms with E-state index in [0.29, 0.717) is 16.9 Å². The van der Waals surface area contributed by atoms with Crippen LogP contribution >= 0.6 is 27.3 Å². The lowest BCUT2D eigenvalue weighted by molar-refractivity contribution is 0.0934. The molecule has 0 radical (unpaired) electrons. The van der Waals surface area contributed by atoms with Crippen LogP contribution < -0.4 is 10.6 Å². The number of aromatic hydroxyl groups is 1. The summed E-state index contributed by atoms with van der Waals surface area (Å²) in [5.74, 6) is 0.831. The van der Waals surface area contributed by atoms with Crippen LogP contribution in [-0.4, -0.2) is 11.0 Å². The molecule has 4 rings (SSSR count). The van der Waals surface area contributed by atoms with Crippen LogP contribution in [0.5, 0.6) is 5.75 Å². The Balaban J connectivity index is 1.67. The Kier molecular flexibility index (Phi) is 4.99. The lowest BCUT2D eigenvalue weighted by atomic mass is 9.69. The number of carbonyl (C=O) groups excluding carboxylic acids is 1. The average Bonchev–Trinajstić information content (AvgIpc) is 3.02. The number of benzene rings is 1. The molecule has 6 heteroatoms. The third-order valence-corrected chi connectivity index (χ3v) is 8.31. The van der Waals surface area contributed by atoms with E-state index >= 15 is 0 Å². The van der Waals surface area contributed by atoms with Crippen molar-refractivity contribution in [1.82, 2.24) is 5.32 Å². The Hall–Kier alpha value is -1.53. The average molecular weight is 463 g/mol. The summed E-state index contributed by atoms with van der Waals surface area (Å²) >= 11 is 5.21. The molecular weight excluding hydrogens is 436 g/mol. The van der Waals surface area contributed by atoms with Gasteiger partial charge in [-0.1, -0.05) is 43.1 Å². The first kappa shape index (κ1) is 19.8. The normalized spacial score (nSPS) is 21.5. The van der Waals surface area contributed by atoms with Crippen molar-refractivity contribution >= 4 is 38.2 Å². The summed E-state index contributed by atoms with van der Waals surface area (Å²) in [5.41, 5.74) is 3.82. The number of hydrogen-bond acceptors (Lipinski definition) is 4. The molecule has 2 aliphatic rings. The fourth-order valence-corrected chi connectivity index (χ4v) is 6.33. The van der Waals surface area contributed by atoms with Crippen LogP contribution in [0.4, 0.5) is 5.00 Å². The van der Waals surface area contributed by atoms with Gasteiger partial charge in [-0.05, 0) is 60.8 Å². The molecule has 3 N–H and O–H groups in total. The largest absolute Gasteiger partial charge is 0.507 e. The van der Waals surface area contributed by atoms with Crippen LogP contribution in [0, 0.1) is 18.3 Å². The van der Waals surface area contributed by atoms with Gasteiger partial charge in [-0.15, -0.1) is 11.3 Å². The summed E-state index contributed by atoms with van der Waals surface area (Å²) in [6, 6.07) is 3.73. The number of nitrogens with one attached hydrogen (secondary N) is 2. The number of phenolic OH excluding ortho intramolecular Hbond substituents is 1. The number of phenols is 1. The molecule has 1 aliphatic carbocycles. The van der Waals surface area contributed by atoms with E-state index in [1.807, 2.05) is 19.1 Å². The van der Waals surface area contributed by atoms with E-state index in [1.165, 1.54) is 16.9 Å². The third kappa shape index (κ3) is 3.24. The number of thiophene rings is 1. The van der Waals surface area contributed by atoms with Crippen molar-refractivity contribution in [2.24, 2.45) is 11.3 Å². The van der Waals surface area contributed by atoms with Crippen LogP contribution in [0.2, 0.25) is 0 Å². The van der Waals surface area contributed by atoms with Crippen molar-refractivity contribution in [1.29, 1.82) is 0 Å². The van der Waals surface area contributed by atoms with Crippen molar-refractivity contribution in [2.75, 3.05) is 5.32 Å². The molecular formula is C22H27BrN2O2S. The molecule has 0 unspecified atom stereocenters. The minimum absolute atomic E-state index is 0.0403. The standard InChI is InChI=1S/C22H27BrN2O2S/c1-5-22(3,4)12-6-7-14-16(9-12)28-21-17(14)20(27)24-19(25-21)15-10-13(23)8-11(2)18(15)26/h8,10,12,19,25-26H,5-7,9H2,1-4H3,(H,24,27)/t12-,19-/m0/s1. The molecule has 1 aliphatic heterocycles. The van der Waals surface area contributed by atoms with Crippen molar-refractivity contribution < 1.29 is 9.90 Å². The molecule has 1 aromatic heterocycles. The van der Waals surface area contributed by atoms with E-state index in [-0.39, 0.29) is 11.7 Å². The van der Waals surface area contributed by atoms with Gasteiger partial charge in [-0.2, -0.15) is 0 Å². The zero-order chi connectivity index (χ0) is 20.2. The maximum atomic E-state index is 13.0. The number of rotatable bonds is 3. The van der Waals surface area contributed by atoms with Gasteiger partial charge < -0.3 is 15.7 Å². The summed E-state index contributed by atoms with van der Waals surface area (Å²) in [6.07, 6.45) is 3.89. The molecule has 0 spiro atoms. The lowest BCUT2D eigenvalue weighted by Gasteiger charge is -2.36. The lowest BCUT2D eigenvalue weighted by Crippen LogP contribution is -2.38. The second kappa shape index (κ2) is 7.06.